The normalized spacial score (nSPS) is 13.3. The van der Waals surface area contributed by atoms with Gasteiger partial charge in [0.15, 0.2) is 11.5 Å². The molecule has 5 nitrogen and oxygen atoms in total. The van der Waals surface area contributed by atoms with Crippen LogP contribution in [0.15, 0.2) is 17.1 Å². The lowest BCUT2D eigenvalue weighted by Gasteiger charge is -2.19. The number of rotatable bonds is 6. The van der Waals surface area contributed by atoms with E-state index in [0.29, 0.717) is 25.2 Å². The minimum Gasteiger partial charge on any atom is -0.493 e. The number of methoxy groups -OCH3 is 2. The summed E-state index contributed by atoms with van der Waals surface area (Å²) in [6.45, 7) is 1.55. The molecular formula is C14H17NO4. The molecule has 5 heteroatoms. The molecule has 0 spiro atoms. The lowest BCUT2D eigenvalue weighted by molar-refractivity contribution is -0.128. The molecule has 0 unspecified atom stereocenters. The van der Waals surface area contributed by atoms with Crippen LogP contribution in [0.3, 0.4) is 0 Å². The van der Waals surface area contributed by atoms with Crippen molar-refractivity contribution in [1.29, 1.82) is 0 Å². The third-order valence-corrected chi connectivity index (χ3v) is 3.13. The maximum atomic E-state index is 10.2. The predicted molar refractivity (Wildman–Crippen MR) is 71.3 cm³/mol. The summed E-state index contributed by atoms with van der Waals surface area (Å²) < 4.78 is 15.3. The van der Waals surface area contributed by atoms with E-state index in [1.165, 1.54) is 5.56 Å². The minimum absolute atomic E-state index is 0.343. The molecule has 0 fully saturated rings. The van der Waals surface area contributed by atoms with Gasteiger partial charge in [-0.15, -0.1) is 0 Å². The Bertz CT molecular complexity index is 496. The third-order valence-electron chi connectivity index (χ3n) is 3.13. The molecule has 0 aliphatic carbocycles. The molecule has 0 saturated heterocycles. The van der Waals surface area contributed by atoms with Crippen molar-refractivity contribution in [3.8, 4) is 11.5 Å². The van der Waals surface area contributed by atoms with E-state index in [-0.39, 0.29) is 0 Å². The summed E-state index contributed by atoms with van der Waals surface area (Å²) in [4.78, 5) is 14.7. The molecule has 19 heavy (non-hydrogen) atoms. The zero-order valence-electron chi connectivity index (χ0n) is 11.1. The van der Waals surface area contributed by atoms with Crippen molar-refractivity contribution in [3.05, 3.63) is 23.3 Å². The summed E-state index contributed by atoms with van der Waals surface area (Å²) >= 11 is 0. The Labute approximate surface area is 112 Å². The smallest absolute Gasteiger partial charge is 0.293 e. The second-order valence-corrected chi connectivity index (χ2v) is 4.16. The molecule has 1 heterocycles. The minimum atomic E-state index is 0.343. The number of carbonyl (C=O) groups excluding carboxylic acids is 1. The second kappa shape index (κ2) is 6.22. The summed E-state index contributed by atoms with van der Waals surface area (Å²) in [5.41, 5.74) is 3.19. The van der Waals surface area contributed by atoms with E-state index in [1.807, 2.05) is 12.1 Å². The molecule has 0 saturated carbocycles. The van der Waals surface area contributed by atoms with E-state index >= 15 is 0 Å². The standard InChI is InChI=1S/C14H17NO4/c1-17-13-7-10-3-5-15-12(4-6-19-9-16)11(10)8-14(13)18-2/h7-9H,3-6H2,1-2H3. The van der Waals surface area contributed by atoms with Crippen LogP contribution in [-0.4, -0.2) is 39.6 Å². The molecule has 0 aromatic heterocycles. The first kappa shape index (κ1) is 13.4. The molecule has 0 amide bonds. The summed E-state index contributed by atoms with van der Waals surface area (Å²) in [6, 6.07) is 3.93. The largest absolute Gasteiger partial charge is 0.493 e. The van der Waals surface area contributed by atoms with Gasteiger partial charge in [0.2, 0.25) is 0 Å². The summed E-state index contributed by atoms with van der Waals surface area (Å²) in [5.74, 6) is 1.42. The van der Waals surface area contributed by atoms with Crippen LogP contribution in [-0.2, 0) is 16.0 Å². The zero-order valence-corrected chi connectivity index (χ0v) is 11.1. The third kappa shape index (κ3) is 2.86. The van der Waals surface area contributed by atoms with Crippen molar-refractivity contribution in [2.45, 2.75) is 12.8 Å². The highest BCUT2D eigenvalue weighted by atomic mass is 16.5. The van der Waals surface area contributed by atoms with Gasteiger partial charge in [-0.2, -0.15) is 0 Å². The molecule has 2 rings (SSSR count). The summed E-state index contributed by atoms with van der Waals surface area (Å²) in [5, 5.41) is 0. The molecule has 0 radical (unpaired) electrons. The van der Waals surface area contributed by atoms with Gasteiger partial charge in [-0.1, -0.05) is 0 Å². The van der Waals surface area contributed by atoms with Gasteiger partial charge < -0.3 is 14.2 Å². The van der Waals surface area contributed by atoms with Crippen LogP contribution in [0, 0.1) is 0 Å². The molecule has 102 valence electrons. The molecule has 1 aromatic carbocycles. The van der Waals surface area contributed by atoms with E-state index in [4.69, 9.17) is 14.2 Å². The number of nitrogens with zero attached hydrogens (tertiary/aromatic N) is 1. The van der Waals surface area contributed by atoms with Crippen molar-refractivity contribution in [1.82, 2.24) is 0 Å². The fourth-order valence-corrected chi connectivity index (χ4v) is 2.21. The number of ether oxygens (including phenoxy) is 3. The molecule has 0 N–H and O–H groups in total. The molecule has 1 aromatic rings. The fourth-order valence-electron chi connectivity index (χ4n) is 2.21. The topological polar surface area (TPSA) is 57.1 Å². The van der Waals surface area contributed by atoms with Crippen molar-refractivity contribution in [2.75, 3.05) is 27.4 Å². The highest BCUT2D eigenvalue weighted by molar-refractivity contribution is 6.03. The predicted octanol–water partition coefficient (Wildman–Crippen LogP) is 1.61. The molecule has 0 bridgehead atoms. The Morgan fingerprint density at radius 2 is 2.00 bits per heavy atom. The Kier molecular flexibility index (Phi) is 4.39. The Balaban J connectivity index is 2.29. The van der Waals surface area contributed by atoms with Gasteiger partial charge in [0.25, 0.3) is 6.47 Å². The summed E-state index contributed by atoms with van der Waals surface area (Å²) in [7, 11) is 3.24. The van der Waals surface area contributed by atoms with Gasteiger partial charge in [-0.25, -0.2) is 0 Å². The van der Waals surface area contributed by atoms with E-state index in [1.54, 1.807) is 14.2 Å². The summed E-state index contributed by atoms with van der Waals surface area (Å²) in [6.07, 6.45) is 1.49. The van der Waals surface area contributed by atoms with E-state index in [9.17, 15) is 4.79 Å². The second-order valence-electron chi connectivity index (χ2n) is 4.16. The maximum Gasteiger partial charge on any atom is 0.293 e. The van der Waals surface area contributed by atoms with Gasteiger partial charge in [0, 0.05) is 24.2 Å². The zero-order chi connectivity index (χ0) is 13.7. The van der Waals surface area contributed by atoms with Crippen LogP contribution >= 0.6 is 0 Å². The first-order valence-electron chi connectivity index (χ1n) is 6.14. The highest BCUT2D eigenvalue weighted by Crippen LogP contribution is 2.32. The van der Waals surface area contributed by atoms with Crippen LogP contribution in [0.4, 0.5) is 0 Å². The van der Waals surface area contributed by atoms with Gasteiger partial charge in [0.05, 0.1) is 20.8 Å². The van der Waals surface area contributed by atoms with Gasteiger partial charge >= 0.3 is 0 Å². The lowest BCUT2D eigenvalue weighted by Crippen LogP contribution is -2.15. The molecule has 0 atom stereocenters. The fraction of sp³-hybridized carbons (Fsp3) is 0.429. The molecule has 1 aliphatic heterocycles. The first-order valence-corrected chi connectivity index (χ1v) is 6.14. The lowest BCUT2D eigenvalue weighted by atomic mass is 9.95. The van der Waals surface area contributed by atoms with Crippen LogP contribution in [0.5, 0.6) is 11.5 Å². The van der Waals surface area contributed by atoms with E-state index < -0.39 is 0 Å². The average Bonchev–Trinajstić information content (AvgIpc) is 2.46. The van der Waals surface area contributed by atoms with Crippen molar-refractivity contribution in [2.24, 2.45) is 4.99 Å². The van der Waals surface area contributed by atoms with Crippen molar-refractivity contribution < 1.29 is 19.0 Å². The van der Waals surface area contributed by atoms with Crippen LogP contribution in [0.2, 0.25) is 0 Å². The Morgan fingerprint density at radius 1 is 1.26 bits per heavy atom. The number of fused-ring (bicyclic) bond motifs is 1. The van der Waals surface area contributed by atoms with Crippen LogP contribution in [0.1, 0.15) is 17.5 Å². The van der Waals surface area contributed by atoms with E-state index in [0.717, 1.165) is 30.0 Å². The first-order chi connectivity index (χ1) is 9.30. The monoisotopic (exact) mass is 263 g/mol. The number of hydrogen-bond acceptors (Lipinski definition) is 5. The van der Waals surface area contributed by atoms with Crippen LogP contribution in [0.25, 0.3) is 0 Å². The van der Waals surface area contributed by atoms with Gasteiger partial charge in [-0.3, -0.25) is 9.79 Å². The SMILES string of the molecule is COc1cc2c(cc1OC)C(CCOC=O)=NCC2. The molecule has 1 aliphatic rings. The van der Waals surface area contributed by atoms with Crippen molar-refractivity contribution in [3.63, 3.8) is 0 Å². The van der Waals surface area contributed by atoms with E-state index in [2.05, 4.69) is 4.99 Å². The van der Waals surface area contributed by atoms with Crippen LogP contribution < -0.4 is 9.47 Å². The quantitative estimate of drug-likeness (QED) is 0.578. The Hall–Kier alpha value is -2.04. The number of hydrogen-bond donors (Lipinski definition) is 0. The van der Waals surface area contributed by atoms with Gasteiger partial charge in [0.1, 0.15) is 0 Å². The number of carbonyl (C=O) groups is 1. The maximum absolute atomic E-state index is 10.2. The Morgan fingerprint density at radius 3 is 2.68 bits per heavy atom. The van der Waals surface area contributed by atoms with Crippen molar-refractivity contribution >= 4 is 12.2 Å². The molecular weight excluding hydrogens is 246 g/mol. The van der Waals surface area contributed by atoms with Gasteiger partial charge in [-0.05, 0) is 24.1 Å². The average molecular weight is 263 g/mol. The number of aliphatic imine (C=N–C) groups is 1. The number of benzene rings is 1. The highest BCUT2D eigenvalue weighted by Gasteiger charge is 2.18.